The zero-order valence-corrected chi connectivity index (χ0v) is 19.8. The Bertz CT molecular complexity index is 1490. The van der Waals surface area contributed by atoms with Crippen molar-refractivity contribution in [3.63, 3.8) is 0 Å². The largest absolute Gasteiger partial charge is 0.346 e. The Labute approximate surface area is 194 Å². The second kappa shape index (κ2) is 8.08. The van der Waals surface area contributed by atoms with Crippen molar-refractivity contribution in [3.8, 4) is 10.6 Å². The van der Waals surface area contributed by atoms with Crippen molar-refractivity contribution in [2.45, 2.75) is 27.2 Å². The van der Waals surface area contributed by atoms with Gasteiger partial charge in [-0.05, 0) is 50.5 Å². The smallest absolute Gasteiger partial charge is 0.277 e. The third kappa shape index (κ3) is 3.58. The fraction of sp³-hybridized carbons (Fsp3) is 0.292. The highest BCUT2D eigenvalue weighted by molar-refractivity contribution is 7.17. The standard InChI is InChI=1S/C24H24N6O2S/c1-13-14(2)28-29(4)23(31)19(13)22-27-15(3)20(33-22)24(32)30-10-7-16(8-11-30)18-12-26-21-17(18)6-5-9-25-21/h5-7,9,12H,8,10-11H2,1-4H3,(H,25,26). The zero-order chi connectivity index (χ0) is 23.3. The van der Waals surface area contributed by atoms with Crippen molar-refractivity contribution >= 4 is 33.9 Å². The van der Waals surface area contributed by atoms with Crippen LogP contribution in [0.5, 0.6) is 0 Å². The van der Waals surface area contributed by atoms with Crippen LogP contribution in [0.2, 0.25) is 0 Å². The van der Waals surface area contributed by atoms with Crippen LogP contribution in [0.4, 0.5) is 0 Å². The van der Waals surface area contributed by atoms with Gasteiger partial charge < -0.3 is 9.88 Å². The molecule has 1 amide bonds. The molecule has 8 nitrogen and oxygen atoms in total. The molecule has 0 saturated carbocycles. The minimum absolute atomic E-state index is 0.0487. The molecule has 0 fully saturated rings. The van der Waals surface area contributed by atoms with E-state index in [0.29, 0.717) is 34.2 Å². The summed E-state index contributed by atoms with van der Waals surface area (Å²) in [6.07, 6.45) is 6.64. The van der Waals surface area contributed by atoms with Gasteiger partial charge in [0.05, 0.1) is 17.0 Å². The molecule has 0 aliphatic carbocycles. The minimum atomic E-state index is -0.204. The molecule has 1 aliphatic rings. The average molecular weight is 461 g/mol. The number of nitrogens with zero attached hydrogens (tertiary/aromatic N) is 5. The summed E-state index contributed by atoms with van der Waals surface area (Å²) >= 11 is 1.28. The van der Waals surface area contributed by atoms with Crippen molar-refractivity contribution in [3.05, 3.63) is 68.3 Å². The number of aromatic nitrogens is 5. The van der Waals surface area contributed by atoms with Gasteiger partial charge in [-0.2, -0.15) is 5.10 Å². The summed E-state index contributed by atoms with van der Waals surface area (Å²) in [6.45, 7) is 6.72. The van der Waals surface area contributed by atoms with Crippen LogP contribution in [0, 0.1) is 20.8 Å². The van der Waals surface area contributed by atoms with Crippen LogP contribution in [0.15, 0.2) is 35.4 Å². The third-order valence-corrected chi connectivity index (χ3v) is 7.39. The summed E-state index contributed by atoms with van der Waals surface area (Å²) in [5, 5.41) is 5.90. The molecule has 1 aliphatic heterocycles. The Morgan fingerprint density at radius 3 is 2.79 bits per heavy atom. The highest BCUT2D eigenvalue weighted by atomic mass is 32.1. The van der Waals surface area contributed by atoms with Gasteiger partial charge in [0.15, 0.2) is 0 Å². The number of hydrogen-bond donors (Lipinski definition) is 1. The second-order valence-corrected chi connectivity index (χ2v) is 9.28. The summed E-state index contributed by atoms with van der Waals surface area (Å²) in [4.78, 5) is 40.6. The first-order valence-corrected chi connectivity index (χ1v) is 11.6. The fourth-order valence-electron chi connectivity index (χ4n) is 4.27. The van der Waals surface area contributed by atoms with Gasteiger partial charge in [-0.1, -0.05) is 6.08 Å². The second-order valence-electron chi connectivity index (χ2n) is 8.28. The third-order valence-electron chi connectivity index (χ3n) is 6.22. The van der Waals surface area contributed by atoms with Crippen LogP contribution in [0.1, 0.15) is 38.6 Å². The number of aromatic amines is 1. The molecule has 4 aromatic rings. The van der Waals surface area contributed by atoms with Crippen LogP contribution in [0.3, 0.4) is 0 Å². The Kier molecular flexibility index (Phi) is 5.20. The lowest BCUT2D eigenvalue weighted by molar-refractivity contribution is 0.0777. The van der Waals surface area contributed by atoms with Crippen molar-refractivity contribution in [2.24, 2.45) is 7.05 Å². The molecule has 5 rings (SSSR count). The molecule has 0 unspecified atom stereocenters. The molecule has 0 atom stereocenters. The van der Waals surface area contributed by atoms with Gasteiger partial charge in [-0.15, -0.1) is 11.3 Å². The number of carbonyl (C=O) groups is 1. The van der Waals surface area contributed by atoms with E-state index in [2.05, 4.69) is 32.2 Å². The van der Waals surface area contributed by atoms with E-state index in [1.165, 1.54) is 21.6 Å². The van der Waals surface area contributed by atoms with Crippen LogP contribution in [-0.2, 0) is 7.05 Å². The summed E-state index contributed by atoms with van der Waals surface area (Å²) in [5.74, 6) is -0.0487. The van der Waals surface area contributed by atoms with Crippen LogP contribution >= 0.6 is 11.3 Å². The van der Waals surface area contributed by atoms with Crippen molar-refractivity contribution in [1.29, 1.82) is 0 Å². The molecule has 0 radical (unpaired) electrons. The molecule has 0 aromatic carbocycles. The molecule has 0 bridgehead atoms. The average Bonchev–Trinajstić information content (AvgIpc) is 3.41. The van der Waals surface area contributed by atoms with Gasteiger partial charge in [-0.3, -0.25) is 9.59 Å². The van der Waals surface area contributed by atoms with E-state index in [1.807, 2.05) is 37.9 Å². The number of nitrogens with one attached hydrogen (secondary N) is 1. The quantitative estimate of drug-likeness (QED) is 0.504. The van der Waals surface area contributed by atoms with E-state index >= 15 is 0 Å². The number of aryl methyl sites for hydroxylation is 3. The Morgan fingerprint density at radius 1 is 1.21 bits per heavy atom. The topological polar surface area (TPSA) is 96.8 Å². The first-order valence-electron chi connectivity index (χ1n) is 10.8. The summed E-state index contributed by atoms with van der Waals surface area (Å²) in [6, 6.07) is 3.99. The lowest BCUT2D eigenvalue weighted by Gasteiger charge is -2.26. The predicted molar refractivity (Wildman–Crippen MR) is 129 cm³/mol. The lowest BCUT2D eigenvalue weighted by atomic mass is 9.99. The highest BCUT2D eigenvalue weighted by Gasteiger charge is 2.26. The number of H-pyrrole nitrogens is 1. The van der Waals surface area contributed by atoms with E-state index < -0.39 is 0 Å². The van der Waals surface area contributed by atoms with E-state index in [1.54, 1.807) is 13.2 Å². The Morgan fingerprint density at radius 2 is 2.03 bits per heavy atom. The molecule has 0 spiro atoms. The van der Waals surface area contributed by atoms with E-state index in [4.69, 9.17) is 0 Å². The van der Waals surface area contributed by atoms with Crippen molar-refractivity contribution in [1.82, 2.24) is 29.6 Å². The monoisotopic (exact) mass is 460 g/mol. The summed E-state index contributed by atoms with van der Waals surface area (Å²) in [7, 11) is 1.63. The van der Waals surface area contributed by atoms with E-state index in [-0.39, 0.29) is 11.5 Å². The number of fused-ring (bicyclic) bond motifs is 1. The van der Waals surface area contributed by atoms with Crippen LogP contribution < -0.4 is 5.56 Å². The highest BCUT2D eigenvalue weighted by Crippen LogP contribution is 2.32. The van der Waals surface area contributed by atoms with Crippen molar-refractivity contribution < 1.29 is 4.79 Å². The Balaban J connectivity index is 1.42. The number of carbonyl (C=O) groups excluding carboxylic acids is 1. The fourth-order valence-corrected chi connectivity index (χ4v) is 5.39. The Hall–Kier alpha value is -3.59. The number of rotatable bonds is 3. The molecule has 5 heterocycles. The van der Waals surface area contributed by atoms with Gasteiger partial charge in [-0.25, -0.2) is 14.6 Å². The van der Waals surface area contributed by atoms with Crippen LogP contribution in [-0.4, -0.2) is 48.6 Å². The van der Waals surface area contributed by atoms with Crippen molar-refractivity contribution in [2.75, 3.05) is 13.1 Å². The molecule has 9 heteroatoms. The van der Waals surface area contributed by atoms with E-state index in [0.717, 1.165) is 34.3 Å². The first kappa shape index (κ1) is 21.3. The number of pyridine rings is 1. The van der Waals surface area contributed by atoms with E-state index in [9.17, 15) is 9.59 Å². The molecule has 4 aromatic heterocycles. The normalized spacial score (nSPS) is 14.1. The van der Waals surface area contributed by atoms with Gasteiger partial charge in [0.1, 0.15) is 15.5 Å². The maximum Gasteiger partial charge on any atom is 0.277 e. The molecular formula is C24H24N6O2S. The van der Waals surface area contributed by atoms with Gasteiger partial charge >= 0.3 is 0 Å². The summed E-state index contributed by atoms with van der Waals surface area (Å²) in [5.41, 5.74) is 5.75. The maximum absolute atomic E-state index is 13.3. The van der Waals surface area contributed by atoms with Gasteiger partial charge in [0.2, 0.25) is 0 Å². The number of hydrogen-bond acceptors (Lipinski definition) is 6. The van der Waals surface area contributed by atoms with Gasteiger partial charge in [0, 0.05) is 43.5 Å². The summed E-state index contributed by atoms with van der Waals surface area (Å²) < 4.78 is 1.33. The lowest BCUT2D eigenvalue weighted by Crippen LogP contribution is -2.34. The number of thiazole rings is 1. The minimum Gasteiger partial charge on any atom is -0.346 e. The van der Waals surface area contributed by atoms with Gasteiger partial charge in [0.25, 0.3) is 11.5 Å². The molecule has 1 N–H and O–H groups in total. The first-order chi connectivity index (χ1) is 15.8. The molecular weight excluding hydrogens is 436 g/mol. The molecule has 33 heavy (non-hydrogen) atoms. The number of amides is 1. The van der Waals surface area contributed by atoms with Crippen LogP contribution in [0.25, 0.3) is 27.2 Å². The molecule has 0 saturated heterocycles. The predicted octanol–water partition coefficient (Wildman–Crippen LogP) is 3.63. The maximum atomic E-state index is 13.3. The SMILES string of the molecule is Cc1nc(-c2c(C)c(C)nn(C)c2=O)sc1C(=O)N1CC=C(c2c[nH]c3ncccc23)CC1. The molecule has 168 valence electrons. The zero-order valence-electron chi connectivity index (χ0n) is 19.0.